The number of pyridine rings is 1. The minimum atomic E-state index is 0.213. The minimum absolute atomic E-state index is 0.213. The van der Waals surface area contributed by atoms with Crippen LogP contribution in [-0.4, -0.2) is 28.2 Å². The molecule has 0 amide bonds. The molecule has 0 radical (unpaired) electrons. The molecule has 0 unspecified atom stereocenters. The third-order valence-electron chi connectivity index (χ3n) is 3.63. The van der Waals surface area contributed by atoms with E-state index in [0.29, 0.717) is 17.3 Å². The summed E-state index contributed by atoms with van der Waals surface area (Å²) in [6.45, 7) is 5.35. The van der Waals surface area contributed by atoms with Gasteiger partial charge >= 0.3 is 0 Å². The molecule has 1 atom stereocenters. The number of nitriles is 1. The zero-order chi connectivity index (χ0) is 14.1. The quantitative estimate of drug-likeness (QED) is 0.829. The van der Waals surface area contributed by atoms with Crippen LogP contribution in [-0.2, 0) is 0 Å². The molecule has 1 aliphatic heterocycles. The highest BCUT2D eigenvalue weighted by Crippen LogP contribution is 2.31. The van der Waals surface area contributed by atoms with Gasteiger partial charge in [0, 0.05) is 19.3 Å². The van der Waals surface area contributed by atoms with Gasteiger partial charge in [0.1, 0.15) is 11.9 Å². The Morgan fingerprint density at radius 3 is 3.00 bits per heavy atom. The molecule has 0 aliphatic carbocycles. The zero-order valence-electron chi connectivity index (χ0n) is 11.5. The molecule has 3 rings (SSSR count). The van der Waals surface area contributed by atoms with Crippen LogP contribution in [0.25, 0.3) is 0 Å². The Hall–Kier alpha value is -2.42. The number of hydrogen-bond donors (Lipinski definition) is 0. The minimum Gasteiger partial charge on any atom is -0.355 e. The van der Waals surface area contributed by atoms with E-state index in [0.717, 1.165) is 30.9 Å². The molecule has 0 spiro atoms. The number of anilines is 1. The Bertz CT molecular complexity index is 672. The topological polar surface area (TPSA) is 78.8 Å². The summed E-state index contributed by atoms with van der Waals surface area (Å²) in [6.07, 6.45) is 2.68. The number of aryl methyl sites for hydroxylation is 2. The lowest BCUT2D eigenvalue weighted by Crippen LogP contribution is -2.22. The molecule has 0 aromatic carbocycles. The molecule has 0 saturated carbocycles. The molecule has 102 valence electrons. The smallest absolute Gasteiger partial charge is 0.231 e. The van der Waals surface area contributed by atoms with Crippen molar-refractivity contribution in [3.05, 3.63) is 35.1 Å². The second kappa shape index (κ2) is 4.93. The lowest BCUT2D eigenvalue weighted by atomic mass is 10.1. The Morgan fingerprint density at radius 2 is 2.30 bits per heavy atom. The van der Waals surface area contributed by atoms with Crippen molar-refractivity contribution in [2.24, 2.45) is 0 Å². The Labute approximate surface area is 117 Å². The number of rotatable bonds is 2. The van der Waals surface area contributed by atoms with E-state index in [1.165, 1.54) is 0 Å². The summed E-state index contributed by atoms with van der Waals surface area (Å²) in [4.78, 5) is 10.8. The van der Waals surface area contributed by atoms with E-state index in [9.17, 15) is 5.26 Å². The largest absolute Gasteiger partial charge is 0.355 e. The summed E-state index contributed by atoms with van der Waals surface area (Å²) >= 11 is 0. The van der Waals surface area contributed by atoms with Crippen LogP contribution in [0.3, 0.4) is 0 Å². The van der Waals surface area contributed by atoms with Crippen LogP contribution in [0.2, 0.25) is 0 Å². The van der Waals surface area contributed by atoms with Gasteiger partial charge in [0.05, 0.1) is 11.5 Å². The van der Waals surface area contributed by atoms with Gasteiger partial charge in [0.25, 0.3) is 0 Å². The zero-order valence-corrected chi connectivity index (χ0v) is 11.5. The van der Waals surface area contributed by atoms with Crippen molar-refractivity contribution in [2.75, 3.05) is 18.0 Å². The van der Waals surface area contributed by atoms with Crippen LogP contribution in [0.15, 0.2) is 16.8 Å². The second-order valence-electron chi connectivity index (χ2n) is 5.05. The lowest BCUT2D eigenvalue weighted by Gasteiger charge is -2.18. The lowest BCUT2D eigenvalue weighted by molar-refractivity contribution is 0.356. The van der Waals surface area contributed by atoms with Crippen LogP contribution in [0.5, 0.6) is 0 Å². The van der Waals surface area contributed by atoms with Crippen molar-refractivity contribution < 1.29 is 4.52 Å². The molecule has 2 aromatic heterocycles. The van der Waals surface area contributed by atoms with Crippen LogP contribution < -0.4 is 4.90 Å². The first kappa shape index (κ1) is 12.6. The van der Waals surface area contributed by atoms with Crippen molar-refractivity contribution in [1.82, 2.24) is 15.1 Å². The van der Waals surface area contributed by atoms with E-state index >= 15 is 0 Å². The van der Waals surface area contributed by atoms with Gasteiger partial charge in [-0.05, 0) is 31.9 Å². The number of nitrogens with zero attached hydrogens (tertiary/aromatic N) is 5. The Kier molecular flexibility index (Phi) is 3.11. The van der Waals surface area contributed by atoms with Crippen molar-refractivity contribution in [1.29, 1.82) is 5.26 Å². The molecule has 0 N–H and O–H groups in total. The highest BCUT2D eigenvalue weighted by molar-refractivity contribution is 5.57. The highest BCUT2D eigenvalue weighted by Gasteiger charge is 2.30. The van der Waals surface area contributed by atoms with Crippen molar-refractivity contribution in [2.45, 2.75) is 26.2 Å². The van der Waals surface area contributed by atoms with Crippen molar-refractivity contribution >= 4 is 5.82 Å². The predicted molar refractivity (Wildman–Crippen MR) is 72.3 cm³/mol. The van der Waals surface area contributed by atoms with Gasteiger partial charge in [0.15, 0.2) is 5.82 Å². The van der Waals surface area contributed by atoms with Gasteiger partial charge in [-0.2, -0.15) is 10.2 Å². The average molecular weight is 269 g/mol. The standard InChI is InChI=1S/C14H15N5O/c1-9-3-5-16-13(12(9)7-15)19-6-4-11(8-19)14-17-10(2)18-20-14/h3,5,11H,4,6,8H2,1-2H3/t11-/m1/s1. The van der Waals surface area contributed by atoms with E-state index < -0.39 is 0 Å². The van der Waals surface area contributed by atoms with Crippen molar-refractivity contribution in [3.63, 3.8) is 0 Å². The first-order valence-corrected chi connectivity index (χ1v) is 6.60. The number of aromatic nitrogens is 3. The van der Waals surface area contributed by atoms with Crippen LogP contribution >= 0.6 is 0 Å². The SMILES string of the molecule is Cc1noc([C@@H]2CCN(c3nccc(C)c3C#N)C2)n1. The fraction of sp³-hybridized carbons (Fsp3) is 0.429. The third kappa shape index (κ3) is 2.11. The normalized spacial score (nSPS) is 18.2. The molecule has 20 heavy (non-hydrogen) atoms. The van der Waals surface area contributed by atoms with E-state index in [-0.39, 0.29) is 5.92 Å². The molecule has 0 bridgehead atoms. The molecular weight excluding hydrogens is 254 g/mol. The fourth-order valence-electron chi connectivity index (χ4n) is 2.56. The van der Waals surface area contributed by atoms with Gasteiger partial charge < -0.3 is 9.42 Å². The summed E-state index contributed by atoms with van der Waals surface area (Å²) in [6, 6.07) is 4.10. The monoisotopic (exact) mass is 269 g/mol. The van der Waals surface area contributed by atoms with E-state index in [4.69, 9.17) is 4.52 Å². The summed E-state index contributed by atoms with van der Waals surface area (Å²) in [7, 11) is 0. The van der Waals surface area contributed by atoms with Gasteiger partial charge in [-0.1, -0.05) is 5.16 Å². The summed E-state index contributed by atoms with van der Waals surface area (Å²) in [5, 5.41) is 13.1. The molecule has 6 heteroatoms. The van der Waals surface area contributed by atoms with Gasteiger partial charge in [-0.15, -0.1) is 0 Å². The highest BCUT2D eigenvalue weighted by atomic mass is 16.5. The van der Waals surface area contributed by atoms with E-state index in [2.05, 4.69) is 26.1 Å². The van der Waals surface area contributed by atoms with Crippen LogP contribution in [0, 0.1) is 25.2 Å². The maximum Gasteiger partial charge on any atom is 0.231 e. The molecule has 2 aromatic rings. The molecular formula is C14H15N5O. The second-order valence-corrected chi connectivity index (χ2v) is 5.05. The Morgan fingerprint density at radius 1 is 1.45 bits per heavy atom. The van der Waals surface area contributed by atoms with E-state index in [1.807, 2.05) is 19.9 Å². The Balaban J connectivity index is 1.84. The average Bonchev–Trinajstić information content (AvgIpc) is 3.07. The molecule has 1 saturated heterocycles. The predicted octanol–water partition coefficient (Wildman–Crippen LogP) is 1.95. The van der Waals surface area contributed by atoms with Gasteiger partial charge in [-0.25, -0.2) is 4.98 Å². The van der Waals surface area contributed by atoms with Crippen molar-refractivity contribution in [3.8, 4) is 6.07 Å². The molecule has 6 nitrogen and oxygen atoms in total. The molecule has 1 fully saturated rings. The summed E-state index contributed by atoms with van der Waals surface area (Å²) in [5.74, 6) is 2.30. The molecule has 3 heterocycles. The maximum absolute atomic E-state index is 9.29. The van der Waals surface area contributed by atoms with Crippen LogP contribution in [0.4, 0.5) is 5.82 Å². The van der Waals surface area contributed by atoms with Gasteiger partial charge in [-0.3, -0.25) is 0 Å². The third-order valence-corrected chi connectivity index (χ3v) is 3.63. The molecule has 1 aliphatic rings. The maximum atomic E-state index is 9.29. The van der Waals surface area contributed by atoms with Crippen LogP contribution in [0.1, 0.15) is 35.2 Å². The van der Waals surface area contributed by atoms with E-state index in [1.54, 1.807) is 6.20 Å². The fourth-order valence-corrected chi connectivity index (χ4v) is 2.56. The first-order chi connectivity index (χ1) is 9.69. The first-order valence-electron chi connectivity index (χ1n) is 6.60. The summed E-state index contributed by atoms with van der Waals surface area (Å²) in [5.41, 5.74) is 1.60. The van der Waals surface area contributed by atoms with Gasteiger partial charge in [0.2, 0.25) is 5.89 Å². The summed E-state index contributed by atoms with van der Waals surface area (Å²) < 4.78 is 5.24. The number of hydrogen-bond acceptors (Lipinski definition) is 6.